The van der Waals surface area contributed by atoms with Gasteiger partial charge in [-0.3, -0.25) is 4.79 Å². The third kappa shape index (κ3) is 7.29. The second kappa shape index (κ2) is 9.88. The minimum atomic E-state index is 0.525. The average molecular weight is 211 g/mol. The van der Waals surface area contributed by atoms with Crippen molar-refractivity contribution >= 4 is 12.1 Å². The lowest BCUT2D eigenvalue weighted by Gasteiger charge is -2.14. The molecule has 0 aliphatic heterocycles. The molecule has 0 heterocycles. The Kier molecular flexibility index (Phi) is 9.44. The van der Waals surface area contributed by atoms with Gasteiger partial charge in [-0.05, 0) is 25.7 Å². The summed E-state index contributed by atoms with van der Waals surface area (Å²) in [6.45, 7) is 6.39. The van der Waals surface area contributed by atoms with Gasteiger partial charge in [0.1, 0.15) is 0 Å². The van der Waals surface area contributed by atoms with Crippen molar-refractivity contribution in [2.24, 2.45) is 10.9 Å². The largest absolute Gasteiger partial charge is 0.276 e. The van der Waals surface area contributed by atoms with Crippen molar-refractivity contribution in [1.29, 1.82) is 0 Å². The quantitative estimate of drug-likeness (QED) is 0.322. The molecule has 0 spiro atoms. The molecule has 0 aromatic rings. The number of carbonyl (C=O) groups is 1. The Morgan fingerprint density at radius 2 is 1.87 bits per heavy atom. The van der Waals surface area contributed by atoms with E-state index in [-0.39, 0.29) is 0 Å². The highest BCUT2D eigenvalue weighted by Crippen LogP contribution is 2.17. The van der Waals surface area contributed by atoms with E-state index in [0.29, 0.717) is 12.3 Å². The minimum absolute atomic E-state index is 0.525. The summed E-state index contributed by atoms with van der Waals surface area (Å²) in [6, 6.07) is 0. The summed E-state index contributed by atoms with van der Waals surface area (Å²) < 4.78 is 0. The topological polar surface area (TPSA) is 29.4 Å². The van der Waals surface area contributed by atoms with Crippen molar-refractivity contribution in [3.8, 4) is 0 Å². The van der Waals surface area contributed by atoms with Crippen LogP contribution in [0.15, 0.2) is 4.99 Å². The lowest BCUT2D eigenvalue weighted by molar-refractivity contribution is -0.106. The van der Waals surface area contributed by atoms with Crippen LogP contribution < -0.4 is 0 Å². The lowest BCUT2D eigenvalue weighted by Crippen LogP contribution is -2.11. The number of rotatable bonds is 9. The number of hydrogen-bond donors (Lipinski definition) is 0. The Morgan fingerprint density at radius 3 is 2.40 bits per heavy atom. The molecule has 0 rings (SSSR count). The molecular formula is C13H25NO. The minimum Gasteiger partial charge on any atom is -0.276 e. The van der Waals surface area contributed by atoms with E-state index in [1.54, 1.807) is 0 Å². The summed E-state index contributed by atoms with van der Waals surface area (Å²) in [5.41, 5.74) is 1.02. The van der Waals surface area contributed by atoms with Gasteiger partial charge in [0, 0.05) is 5.71 Å². The maximum Gasteiger partial charge on any atom is 0.232 e. The molecule has 0 aromatic heterocycles. The molecule has 0 aliphatic carbocycles. The van der Waals surface area contributed by atoms with Gasteiger partial charge in [0.2, 0.25) is 6.41 Å². The highest BCUT2D eigenvalue weighted by molar-refractivity contribution is 5.89. The van der Waals surface area contributed by atoms with E-state index in [0.717, 1.165) is 12.1 Å². The molecule has 88 valence electrons. The van der Waals surface area contributed by atoms with Crippen LogP contribution in [0.5, 0.6) is 0 Å². The fraction of sp³-hybridized carbons (Fsp3) is 0.846. The summed E-state index contributed by atoms with van der Waals surface area (Å²) in [5.74, 6) is 0.525. The van der Waals surface area contributed by atoms with Gasteiger partial charge >= 0.3 is 0 Å². The van der Waals surface area contributed by atoms with E-state index in [9.17, 15) is 4.79 Å². The third-order valence-electron chi connectivity index (χ3n) is 2.89. The molecule has 0 saturated carbocycles. The summed E-state index contributed by atoms with van der Waals surface area (Å²) in [5, 5.41) is 0. The van der Waals surface area contributed by atoms with Gasteiger partial charge < -0.3 is 0 Å². The van der Waals surface area contributed by atoms with Crippen LogP contribution in [0, 0.1) is 5.92 Å². The van der Waals surface area contributed by atoms with E-state index < -0.39 is 0 Å². The van der Waals surface area contributed by atoms with Crippen molar-refractivity contribution in [3.05, 3.63) is 0 Å². The summed E-state index contributed by atoms with van der Waals surface area (Å²) in [7, 11) is 0. The molecule has 2 nitrogen and oxygen atoms in total. The molecule has 0 N–H and O–H groups in total. The molecule has 1 amide bonds. The normalized spacial score (nSPS) is 13.9. The van der Waals surface area contributed by atoms with Crippen LogP contribution in [0.25, 0.3) is 0 Å². The highest BCUT2D eigenvalue weighted by atomic mass is 16.1. The van der Waals surface area contributed by atoms with Crippen LogP contribution in [0.1, 0.15) is 65.7 Å². The SMILES string of the molecule is CCCCCCC(CCC)/C(C)=N/C=O. The Hall–Kier alpha value is -0.660. The molecule has 0 fully saturated rings. The van der Waals surface area contributed by atoms with Crippen LogP contribution in [0.2, 0.25) is 0 Å². The Morgan fingerprint density at radius 1 is 1.13 bits per heavy atom. The summed E-state index contributed by atoms with van der Waals surface area (Å²) in [4.78, 5) is 14.2. The zero-order chi connectivity index (χ0) is 11.5. The van der Waals surface area contributed by atoms with E-state index >= 15 is 0 Å². The zero-order valence-corrected chi connectivity index (χ0v) is 10.5. The van der Waals surface area contributed by atoms with Crippen LogP contribution in [-0.4, -0.2) is 12.1 Å². The monoisotopic (exact) mass is 211 g/mol. The molecule has 0 aliphatic rings. The van der Waals surface area contributed by atoms with Crippen LogP contribution in [0.3, 0.4) is 0 Å². The zero-order valence-electron chi connectivity index (χ0n) is 10.5. The lowest BCUT2D eigenvalue weighted by atomic mass is 9.92. The highest BCUT2D eigenvalue weighted by Gasteiger charge is 2.10. The predicted octanol–water partition coefficient (Wildman–Crippen LogP) is 3.99. The molecule has 0 aromatic carbocycles. The second-order valence-electron chi connectivity index (χ2n) is 4.21. The van der Waals surface area contributed by atoms with Crippen molar-refractivity contribution in [2.75, 3.05) is 0 Å². The number of carbonyl (C=O) groups excluding carboxylic acids is 1. The standard InChI is InChI=1S/C13H25NO/c1-4-6-7-8-10-13(9-5-2)12(3)14-11-15/h11,13H,4-10H2,1-3H3/b14-12+. The van der Waals surface area contributed by atoms with Gasteiger partial charge in [0.25, 0.3) is 0 Å². The molecule has 0 bridgehead atoms. The molecule has 2 heteroatoms. The molecule has 15 heavy (non-hydrogen) atoms. The predicted molar refractivity (Wildman–Crippen MR) is 66.3 cm³/mol. The molecular weight excluding hydrogens is 186 g/mol. The Balaban J connectivity index is 3.92. The first-order chi connectivity index (χ1) is 7.26. The van der Waals surface area contributed by atoms with Crippen molar-refractivity contribution in [2.45, 2.75) is 65.7 Å². The fourth-order valence-electron chi connectivity index (χ4n) is 1.92. The first kappa shape index (κ1) is 14.3. The van der Waals surface area contributed by atoms with E-state index in [1.807, 2.05) is 6.92 Å². The number of aliphatic imine (C=N–C) groups is 1. The number of amides is 1. The molecule has 0 radical (unpaired) electrons. The van der Waals surface area contributed by atoms with Crippen LogP contribution in [-0.2, 0) is 4.79 Å². The first-order valence-corrected chi connectivity index (χ1v) is 6.24. The van der Waals surface area contributed by atoms with Gasteiger partial charge in [-0.25, -0.2) is 4.99 Å². The average Bonchev–Trinajstić information content (AvgIpc) is 2.23. The third-order valence-corrected chi connectivity index (χ3v) is 2.89. The number of nitrogens with zero attached hydrogens (tertiary/aromatic N) is 1. The molecule has 1 atom stereocenters. The summed E-state index contributed by atoms with van der Waals surface area (Å²) in [6.07, 6.45) is 9.37. The van der Waals surface area contributed by atoms with Gasteiger partial charge in [0.05, 0.1) is 0 Å². The second-order valence-corrected chi connectivity index (χ2v) is 4.21. The van der Waals surface area contributed by atoms with E-state index in [1.165, 1.54) is 38.5 Å². The number of hydrogen-bond acceptors (Lipinski definition) is 1. The van der Waals surface area contributed by atoms with E-state index in [4.69, 9.17) is 0 Å². The van der Waals surface area contributed by atoms with Gasteiger partial charge in [-0.2, -0.15) is 0 Å². The van der Waals surface area contributed by atoms with Crippen LogP contribution in [0.4, 0.5) is 0 Å². The fourth-order valence-corrected chi connectivity index (χ4v) is 1.92. The smallest absolute Gasteiger partial charge is 0.232 e. The van der Waals surface area contributed by atoms with Gasteiger partial charge in [-0.1, -0.05) is 46.0 Å². The van der Waals surface area contributed by atoms with Gasteiger partial charge in [-0.15, -0.1) is 0 Å². The summed E-state index contributed by atoms with van der Waals surface area (Å²) >= 11 is 0. The molecule has 0 saturated heterocycles. The Labute approximate surface area is 94.2 Å². The van der Waals surface area contributed by atoms with Crippen molar-refractivity contribution in [1.82, 2.24) is 0 Å². The molecule has 1 unspecified atom stereocenters. The maximum absolute atomic E-state index is 10.3. The first-order valence-electron chi connectivity index (χ1n) is 6.24. The maximum atomic E-state index is 10.3. The Bertz CT molecular complexity index is 187. The van der Waals surface area contributed by atoms with E-state index in [2.05, 4.69) is 18.8 Å². The van der Waals surface area contributed by atoms with Crippen molar-refractivity contribution < 1.29 is 4.79 Å². The van der Waals surface area contributed by atoms with Crippen molar-refractivity contribution in [3.63, 3.8) is 0 Å². The van der Waals surface area contributed by atoms with Crippen LogP contribution >= 0.6 is 0 Å². The number of unbranched alkanes of at least 4 members (excludes halogenated alkanes) is 3. The van der Waals surface area contributed by atoms with Gasteiger partial charge in [0.15, 0.2) is 0 Å².